The lowest BCUT2D eigenvalue weighted by molar-refractivity contribution is -0.253. The molecule has 142 valence electrons. The van der Waals surface area contributed by atoms with E-state index in [0.717, 1.165) is 6.07 Å². The molecule has 1 heterocycles. The number of aromatic nitrogens is 2. The first kappa shape index (κ1) is 19.7. The van der Waals surface area contributed by atoms with Gasteiger partial charge < -0.3 is 14.5 Å². The number of halogens is 4. The molecule has 2 rings (SSSR count). The fourth-order valence-corrected chi connectivity index (χ4v) is 1.93. The molecule has 0 unspecified atom stereocenters. The maximum absolute atomic E-state index is 13.1. The Morgan fingerprint density at radius 1 is 1.15 bits per heavy atom. The predicted octanol–water partition coefficient (Wildman–Crippen LogP) is 3.92. The molecule has 0 saturated heterocycles. The smallest absolute Gasteiger partial charge is 0.427 e. The Balaban J connectivity index is 2.16. The van der Waals surface area contributed by atoms with E-state index in [-0.39, 0.29) is 17.4 Å². The molecular weight excluding hydrogens is 358 g/mol. The zero-order valence-electron chi connectivity index (χ0n) is 14.2. The Morgan fingerprint density at radius 2 is 1.77 bits per heavy atom. The van der Waals surface area contributed by atoms with E-state index in [1.54, 1.807) is 6.92 Å². The number of benzene rings is 1. The third-order valence-electron chi connectivity index (χ3n) is 3.30. The molecule has 26 heavy (non-hydrogen) atoms. The van der Waals surface area contributed by atoms with Crippen LogP contribution in [0.5, 0.6) is 5.75 Å². The van der Waals surface area contributed by atoms with E-state index in [1.807, 2.05) is 13.8 Å². The molecule has 0 aliphatic heterocycles. The van der Waals surface area contributed by atoms with Crippen molar-refractivity contribution in [2.24, 2.45) is 0 Å². The van der Waals surface area contributed by atoms with Crippen molar-refractivity contribution in [3.8, 4) is 5.75 Å². The third-order valence-corrected chi connectivity index (χ3v) is 3.30. The highest BCUT2D eigenvalue weighted by Gasteiger charge is 2.44. The van der Waals surface area contributed by atoms with E-state index < -0.39 is 30.2 Å². The van der Waals surface area contributed by atoms with Crippen LogP contribution < -0.4 is 10.1 Å². The summed E-state index contributed by atoms with van der Waals surface area (Å²) in [4.78, 5) is 12.3. The topological polar surface area (TPSA) is 77.2 Å². The normalized spacial score (nSPS) is 13.1. The SMILES string of the molecule is CC(C)c1nnc([C@H](C)NC(=O)c2ccccc2OC(F)(F)C(F)F)o1. The molecule has 1 aromatic carbocycles. The molecule has 1 atom stereocenters. The van der Waals surface area contributed by atoms with Crippen LogP contribution in [0.4, 0.5) is 17.6 Å². The van der Waals surface area contributed by atoms with Crippen LogP contribution in [0.25, 0.3) is 0 Å². The molecule has 1 aromatic heterocycles. The van der Waals surface area contributed by atoms with Crippen molar-refractivity contribution in [1.82, 2.24) is 15.5 Å². The van der Waals surface area contributed by atoms with E-state index in [9.17, 15) is 22.4 Å². The van der Waals surface area contributed by atoms with E-state index in [1.165, 1.54) is 18.2 Å². The number of carbonyl (C=O) groups is 1. The van der Waals surface area contributed by atoms with Crippen LogP contribution in [0.1, 0.15) is 54.9 Å². The third kappa shape index (κ3) is 4.50. The number of hydrogen-bond donors (Lipinski definition) is 1. The monoisotopic (exact) mass is 375 g/mol. The summed E-state index contributed by atoms with van der Waals surface area (Å²) in [5.41, 5.74) is -0.330. The van der Waals surface area contributed by atoms with Gasteiger partial charge in [0.05, 0.1) is 5.56 Å². The molecule has 0 spiro atoms. The number of hydrogen-bond acceptors (Lipinski definition) is 5. The Kier molecular flexibility index (Phi) is 5.83. The maximum Gasteiger partial charge on any atom is 0.461 e. The number of ether oxygens (including phenoxy) is 1. The molecule has 0 aliphatic carbocycles. The van der Waals surface area contributed by atoms with Crippen molar-refractivity contribution in [3.63, 3.8) is 0 Å². The fraction of sp³-hybridized carbons (Fsp3) is 0.438. The predicted molar refractivity (Wildman–Crippen MR) is 82.3 cm³/mol. The zero-order valence-corrected chi connectivity index (χ0v) is 14.2. The molecule has 0 saturated carbocycles. The molecule has 2 aromatic rings. The average Bonchev–Trinajstić information content (AvgIpc) is 3.05. The summed E-state index contributed by atoms with van der Waals surface area (Å²) in [6.07, 6.45) is -8.76. The van der Waals surface area contributed by atoms with Crippen molar-refractivity contribution < 1.29 is 31.5 Å². The van der Waals surface area contributed by atoms with E-state index in [0.29, 0.717) is 5.89 Å². The van der Waals surface area contributed by atoms with Gasteiger partial charge in [0, 0.05) is 5.92 Å². The number of carbonyl (C=O) groups excluding carboxylic acids is 1. The lowest BCUT2D eigenvalue weighted by Gasteiger charge is -2.19. The summed E-state index contributed by atoms with van der Waals surface area (Å²) in [5, 5.41) is 10.1. The van der Waals surface area contributed by atoms with E-state index >= 15 is 0 Å². The van der Waals surface area contributed by atoms with E-state index in [2.05, 4.69) is 20.3 Å². The fourth-order valence-electron chi connectivity index (χ4n) is 1.93. The second kappa shape index (κ2) is 7.71. The van der Waals surface area contributed by atoms with Crippen molar-refractivity contribution in [2.45, 2.75) is 45.3 Å². The highest BCUT2D eigenvalue weighted by Crippen LogP contribution is 2.30. The summed E-state index contributed by atoms with van der Waals surface area (Å²) in [6.45, 7) is 5.24. The first-order chi connectivity index (χ1) is 12.1. The lowest BCUT2D eigenvalue weighted by Crippen LogP contribution is -2.35. The summed E-state index contributed by atoms with van der Waals surface area (Å²) in [6, 6.07) is 4.11. The van der Waals surface area contributed by atoms with Gasteiger partial charge in [-0.2, -0.15) is 17.6 Å². The van der Waals surface area contributed by atoms with Crippen LogP contribution >= 0.6 is 0 Å². The Bertz CT molecular complexity index is 765. The standard InChI is InChI=1S/C16H17F4N3O3/c1-8(2)13-22-23-14(25-13)9(3)21-12(24)10-6-4-5-7-11(10)26-16(19,20)15(17)18/h4-9,15H,1-3H3,(H,21,24)/t9-/m0/s1. The highest BCUT2D eigenvalue weighted by molar-refractivity contribution is 5.97. The van der Waals surface area contributed by atoms with Gasteiger partial charge in [0.25, 0.3) is 5.91 Å². The minimum atomic E-state index is -4.72. The number of rotatable bonds is 7. The van der Waals surface area contributed by atoms with Gasteiger partial charge in [-0.3, -0.25) is 4.79 Å². The summed E-state index contributed by atoms with van der Waals surface area (Å²) in [5.74, 6) is -0.997. The Hall–Kier alpha value is -2.65. The van der Waals surface area contributed by atoms with Crippen molar-refractivity contribution in [1.29, 1.82) is 0 Å². The Labute approximate surface area is 146 Å². The van der Waals surface area contributed by atoms with Gasteiger partial charge in [-0.05, 0) is 19.1 Å². The number of para-hydroxylation sites is 1. The molecule has 0 radical (unpaired) electrons. The second-order valence-corrected chi connectivity index (χ2v) is 5.79. The van der Waals surface area contributed by atoms with Crippen molar-refractivity contribution >= 4 is 5.91 Å². The molecule has 0 aliphatic rings. The molecule has 0 bridgehead atoms. The van der Waals surface area contributed by atoms with Gasteiger partial charge >= 0.3 is 12.5 Å². The van der Waals surface area contributed by atoms with Crippen LogP contribution in [0.2, 0.25) is 0 Å². The average molecular weight is 375 g/mol. The summed E-state index contributed by atoms with van der Waals surface area (Å²) < 4.78 is 60.4. The maximum atomic E-state index is 13.1. The summed E-state index contributed by atoms with van der Waals surface area (Å²) in [7, 11) is 0. The molecule has 1 N–H and O–H groups in total. The molecule has 0 fully saturated rings. The van der Waals surface area contributed by atoms with Gasteiger partial charge in [0.15, 0.2) is 0 Å². The van der Waals surface area contributed by atoms with Crippen LogP contribution in [0.3, 0.4) is 0 Å². The molecule has 6 nitrogen and oxygen atoms in total. The number of nitrogens with one attached hydrogen (secondary N) is 1. The first-order valence-corrected chi connectivity index (χ1v) is 7.70. The van der Waals surface area contributed by atoms with Crippen LogP contribution in [-0.2, 0) is 0 Å². The minimum Gasteiger partial charge on any atom is -0.427 e. The van der Waals surface area contributed by atoms with Crippen LogP contribution in [0.15, 0.2) is 28.7 Å². The Morgan fingerprint density at radius 3 is 2.35 bits per heavy atom. The largest absolute Gasteiger partial charge is 0.461 e. The van der Waals surface area contributed by atoms with Gasteiger partial charge in [0.2, 0.25) is 11.8 Å². The van der Waals surface area contributed by atoms with Crippen LogP contribution in [0, 0.1) is 0 Å². The van der Waals surface area contributed by atoms with Gasteiger partial charge in [-0.1, -0.05) is 26.0 Å². The van der Waals surface area contributed by atoms with Crippen molar-refractivity contribution in [3.05, 3.63) is 41.6 Å². The van der Waals surface area contributed by atoms with E-state index in [4.69, 9.17) is 4.42 Å². The lowest BCUT2D eigenvalue weighted by atomic mass is 10.1. The summed E-state index contributed by atoms with van der Waals surface area (Å²) >= 11 is 0. The van der Waals surface area contributed by atoms with Gasteiger partial charge in [-0.15, -0.1) is 10.2 Å². The van der Waals surface area contributed by atoms with Crippen molar-refractivity contribution in [2.75, 3.05) is 0 Å². The van der Waals surface area contributed by atoms with Crippen LogP contribution in [-0.4, -0.2) is 28.6 Å². The number of amides is 1. The quantitative estimate of drug-likeness (QED) is 0.742. The molecular formula is C16H17F4N3O3. The number of alkyl halides is 4. The second-order valence-electron chi connectivity index (χ2n) is 5.79. The number of nitrogens with zero attached hydrogens (tertiary/aromatic N) is 2. The zero-order chi connectivity index (χ0) is 19.5. The first-order valence-electron chi connectivity index (χ1n) is 7.70. The molecule has 1 amide bonds. The highest BCUT2D eigenvalue weighted by atomic mass is 19.3. The minimum absolute atomic E-state index is 0.00939. The van der Waals surface area contributed by atoms with Gasteiger partial charge in [0.1, 0.15) is 11.8 Å². The van der Waals surface area contributed by atoms with Gasteiger partial charge in [-0.25, -0.2) is 0 Å². The molecule has 10 heteroatoms.